The first-order valence-electron chi connectivity index (χ1n) is 7.85. The highest BCUT2D eigenvalue weighted by atomic mass is 16.4. The van der Waals surface area contributed by atoms with Crippen LogP contribution in [0.25, 0.3) is 0 Å². The summed E-state index contributed by atoms with van der Waals surface area (Å²) in [6.45, 7) is 1.27. The summed E-state index contributed by atoms with van der Waals surface area (Å²) in [6, 6.07) is -0.275. The van der Waals surface area contributed by atoms with Crippen molar-refractivity contribution in [2.75, 3.05) is 13.1 Å². The van der Waals surface area contributed by atoms with E-state index in [0.717, 1.165) is 19.4 Å². The Balaban J connectivity index is 1.53. The van der Waals surface area contributed by atoms with Gasteiger partial charge >= 0.3 is 5.97 Å². The van der Waals surface area contributed by atoms with Gasteiger partial charge in [0.2, 0.25) is 11.8 Å². The molecule has 3 aliphatic rings. The van der Waals surface area contributed by atoms with Crippen LogP contribution in [0.4, 0.5) is 0 Å². The van der Waals surface area contributed by atoms with Crippen LogP contribution in [0.15, 0.2) is 0 Å². The molecule has 3 fully saturated rings. The van der Waals surface area contributed by atoms with E-state index in [4.69, 9.17) is 5.11 Å². The topological polar surface area (TPSA) is 86.7 Å². The van der Waals surface area contributed by atoms with Gasteiger partial charge in [0.25, 0.3) is 0 Å². The third-order valence-corrected chi connectivity index (χ3v) is 4.92. The Morgan fingerprint density at radius 2 is 2.00 bits per heavy atom. The molecule has 2 N–H and O–H groups in total. The average molecular weight is 294 g/mol. The van der Waals surface area contributed by atoms with Crippen LogP contribution < -0.4 is 5.32 Å². The number of nitrogens with one attached hydrogen (secondary N) is 1. The minimum atomic E-state index is -0.837. The highest BCUT2D eigenvalue weighted by Gasteiger charge is 2.40. The highest BCUT2D eigenvalue weighted by Crippen LogP contribution is 2.32. The lowest BCUT2D eigenvalue weighted by Gasteiger charge is -2.20. The molecule has 6 nitrogen and oxygen atoms in total. The summed E-state index contributed by atoms with van der Waals surface area (Å²) < 4.78 is 0. The van der Waals surface area contributed by atoms with Gasteiger partial charge in [0.1, 0.15) is 0 Å². The fourth-order valence-electron chi connectivity index (χ4n) is 3.47. The van der Waals surface area contributed by atoms with Crippen LogP contribution in [-0.2, 0) is 14.4 Å². The highest BCUT2D eigenvalue weighted by molar-refractivity contribution is 5.89. The monoisotopic (exact) mass is 294 g/mol. The number of carbonyl (C=O) groups is 3. The van der Waals surface area contributed by atoms with Crippen molar-refractivity contribution in [3.63, 3.8) is 0 Å². The Labute approximate surface area is 123 Å². The van der Waals surface area contributed by atoms with E-state index in [1.54, 1.807) is 4.90 Å². The molecule has 2 amide bonds. The number of hydrogen-bond acceptors (Lipinski definition) is 3. The van der Waals surface area contributed by atoms with Gasteiger partial charge in [0.15, 0.2) is 0 Å². The number of aliphatic carboxylic acids is 1. The molecule has 116 valence electrons. The van der Waals surface area contributed by atoms with Crippen molar-refractivity contribution in [1.82, 2.24) is 10.2 Å². The molecule has 0 radical (unpaired) electrons. The zero-order chi connectivity index (χ0) is 15.0. The largest absolute Gasteiger partial charge is 0.481 e. The Kier molecular flexibility index (Phi) is 3.87. The maximum atomic E-state index is 12.3. The lowest BCUT2D eigenvalue weighted by molar-refractivity contribution is -0.142. The number of hydrogen-bond donors (Lipinski definition) is 2. The summed E-state index contributed by atoms with van der Waals surface area (Å²) >= 11 is 0. The summed E-state index contributed by atoms with van der Waals surface area (Å²) in [5, 5.41) is 12.0. The minimum Gasteiger partial charge on any atom is -0.481 e. The lowest BCUT2D eigenvalue weighted by Crippen LogP contribution is -2.43. The number of carboxylic acid groups (broad SMARTS) is 1. The van der Waals surface area contributed by atoms with E-state index in [1.165, 1.54) is 12.8 Å². The Morgan fingerprint density at radius 1 is 1.24 bits per heavy atom. The number of likely N-dealkylation sites (tertiary alicyclic amines) is 1. The van der Waals surface area contributed by atoms with Gasteiger partial charge in [-0.1, -0.05) is 6.42 Å². The normalized spacial score (nSPS) is 32.5. The predicted molar refractivity (Wildman–Crippen MR) is 74.3 cm³/mol. The average Bonchev–Trinajstić information content (AvgIpc) is 2.98. The number of amides is 2. The number of carboxylic acids is 1. The van der Waals surface area contributed by atoms with Crippen molar-refractivity contribution in [1.29, 1.82) is 0 Å². The van der Waals surface area contributed by atoms with Crippen LogP contribution in [-0.4, -0.2) is 46.9 Å². The van der Waals surface area contributed by atoms with Crippen molar-refractivity contribution in [3.8, 4) is 0 Å². The first-order valence-corrected chi connectivity index (χ1v) is 7.85. The zero-order valence-corrected chi connectivity index (χ0v) is 12.1. The van der Waals surface area contributed by atoms with Gasteiger partial charge in [-0.3, -0.25) is 14.4 Å². The molecular weight excluding hydrogens is 272 g/mol. The van der Waals surface area contributed by atoms with Crippen molar-refractivity contribution >= 4 is 17.8 Å². The van der Waals surface area contributed by atoms with E-state index in [-0.39, 0.29) is 30.2 Å². The Morgan fingerprint density at radius 3 is 2.67 bits per heavy atom. The zero-order valence-electron chi connectivity index (χ0n) is 12.1. The predicted octanol–water partition coefficient (Wildman–Crippen LogP) is 0.614. The molecule has 1 heterocycles. The molecule has 0 spiro atoms. The van der Waals surface area contributed by atoms with E-state index in [1.807, 2.05) is 0 Å². The van der Waals surface area contributed by atoms with Gasteiger partial charge in [-0.15, -0.1) is 0 Å². The summed E-state index contributed by atoms with van der Waals surface area (Å²) in [4.78, 5) is 37.1. The second kappa shape index (κ2) is 5.66. The van der Waals surface area contributed by atoms with Crippen LogP contribution in [0, 0.1) is 17.8 Å². The maximum Gasteiger partial charge on any atom is 0.308 e. The van der Waals surface area contributed by atoms with E-state index < -0.39 is 11.9 Å². The summed E-state index contributed by atoms with van der Waals surface area (Å²) in [6.07, 6.45) is 4.81. The molecule has 21 heavy (non-hydrogen) atoms. The van der Waals surface area contributed by atoms with Crippen LogP contribution in [0.1, 0.15) is 38.5 Å². The van der Waals surface area contributed by atoms with Crippen molar-refractivity contribution in [2.45, 2.75) is 44.6 Å². The Bertz CT molecular complexity index is 461. The van der Waals surface area contributed by atoms with Crippen LogP contribution >= 0.6 is 0 Å². The minimum absolute atomic E-state index is 0.0586. The molecule has 6 heteroatoms. The van der Waals surface area contributed by atoms with Gasteiger partial charge in [0.05, 0.1) is 11.8 Å². The van der Waals surface area contributed by atoms with E-state index in [2.05, 4.69) is 5.32 Å². The number of nitrogens with zero attached hydrogens (tertiary/aromatic N) is 1. The summed E-state index contributed by atoms with van der Waals surface area (Å²) in [5.41, 5.74) is 0. The molecule has 0 aromatic rings. The maximum absolute atomic E-state index is 12.3. The smallest absolute Gasteiger partial charge is 0.308 e. The van der Waals surface area contributed by atoms with Crippen molar-refractivity contribution in [2.24, 2.45) is 17.8 Å². The van der Waals surface area contributed by atoms with Gasteiger partial charge in [-0.2, -0.15) is 0 Å². The number of rotatable bonds is 5. The van der Waals surface area contributed by atoms with Gasteiger partial charge in [-0.25, -0.2) is 0 Å². The number of carbonyl (C=O) groups excluding carboxylic acids is 2. The van der Waals surface area contributed by atoms with Gasteiger partial charge in [0, 0.05) is 25.6 Å². The molecule has 0 aromatic heterocycles. The molecular formula is C15H22N2O4. The molecule has 3 unspecified atom stereocenters. The van der Waals surface area contributed by atoms with Gasteiger partial charge < -0.3 is 15.3 Å². The van der Waals surface area contributed by atoms with Crippen molar-refractivity contribution in [3.05, 3.63) is 0 Å². The molecule has 2 saturated carbocycles. The first-order chi connectivity index (χ1) is 10.0. The van der Waals surface area contributed by atoms with E-state index >= 15 is 0 Å². The summed E-state index contributed by atoms with van der Waals surface area (Å²) in [5.74, 6) is -1.10. The standard InChI is InChI=1S/C15H22N2O4/c18-13-6-10(8-17(13)7-9-4-5-9)14(19)16-12-3-1-2-11(12)15(20)21/h9-12H,1-8H2,(H,16,19)(H,20,21). The van der Waals surface area contributed by atoms with Crippen LogP contribution in [0.3, 0.4) is 0 Å². The SMILES string of the molecule is O=C(NC1CCCC1C(=O)O)C1CC(=O)N(CC2CC2)C1. The molecule has 2 aliphatic carbocycles. The molecule has 3 rings (SSSR count). The lowest BCUT2D eigenvalue weighted by atomic mass is 10.0. The molecule has 1 aliphatic heterocycles. The first kappa shape index (κ1) is 14.4. The third kappa shape index (κ3) is 3.19. The third-order valence-electron chi connectivity index (χ3n) is 4.92. The Hall–Kier alpha value is -1.59. The second-order valence-electron chi connectivity index (χ2n) is 6.63. The molecule has 0 aromatic carbocycles. The molecule has 0 bridgehead atoms. The van der Waals surface area contributed by atoms with Gasteiger partial charge in [-0.05, 0) is 31.6 Å². The molecule has 1 saturated heterocycles. The fraction of sp³-hybridized carbons (Fsp3) is 0.800. The van der Waals surface area contributed by atoms with Crippen LogP contribution in [0.2, 0.25) is 0 Å². The van der Waals surface area contributed by atoms with E-state index in [9.17, 15) is 14.4 Å². The molecule has 3 atom stereocenters. The second-order valence-corrected chi connectivity index (χ2v) is 6.63. The van der Waals surface area contributed by atoms with E-state index in [0.29, 0.717) is 18.9 Å². The fourth-order valence-corrected chi connectivity index (χ4v) is 3.47. The summed E-state index contributed by atoms with van der Waals surface area (Å²) in [7, 11) is 0. The van der Waals surface area contributed by atoms with Crippen molar-refractivity contribution < 1.29 is 19.5 Å². The van der Waals surface area contributed by atoms with Crippen LogP contribution in [0.5, 0.6) is 0 Å². The quantitative estimate of drug-likeness (QED) is 0.778.